The van der Waals surface area contributed by atoms with Crippen LogP contribution in [0.3, 0.4) is 0 Å². The number of pyridine rings is 2. The molecule has 0 radical (unpaired) electrons. The average Bonchev–Trinajstić information content (AvgIpc) is 2.74. The van der Waals surface area contributed by atoms with Gasteiger partial charge in [0.2, 0.25) is 0 Å². The van der Waals surface area contributed by atoms with Crippen molar-refractivity contribution in [3.63, 3.8) is 0 Å². The minimum atomic E-state index is -3.83. The normalized spacial score (nSPS) is 13.1. The molecule has 9 nitrogen and oxygen atoms in total. The van der Waals surface area contributed by atoms with E-state index in [2.05, 4.69) is 15.3 Å². The van der Waals surface area contributed by atoms with E-state index < -0.39 is 25.7 Å². The summed E-state index contributed by atoms with van der Waals surface area (Å²) >= 11 is 0. The summed E-state index contributed by atoms with van der Waals surface area (Å²) in [5.41, 5.74) is 1.19. The first-order chi connectivity index (χ1) is 15.2. The number of carbonyl (C=O) groups excluding carboxylic acids is 1. The molecule has 3 aromatic rings. The standard InChI is InChI=1S/C21H23FN3O6P/c1-2-31-32(29,30)8-7-23-20(27)18-16(12-26)19-17(25-21(18)28)10-14(11-24-19)9-13-3-5-15(22)6-4-13/h3-6,10-11,26H,2,7-9,12H2,1H3,(H,23,27)(H,25,28)(H,29,30). The van der Waals surface area contributed by atoms with Crippen LogP contribution >= 0.6 is 7.60 Å². The van der Waals surface area contributed by atoms with Gasteiger partial charge in [-0.15, -0.1) is 0 Å². The van der Waals surface area contributed by atoms with Gasteiger partial charge in [0.15, 0.2) is 0 Å². The van der Waals surface area contributed by atoms with Crippen LogP contribution < -0.4 is 10.9 Å². The molecule has 0 saturated heterocycles. The Morgan fingerprint density at radius 1 is 1.28 bits per heavy atom. The van der Waals surface area contributed by atoms with Crippen LogP contribution in [-0.4, -0.2) is 45.2 Å². The third-order valence-corrected chi connectivity index (χ3v) is 6.18. The van der Waals surface area contributed by atoms with Crippen LogP contribution in [0.15, 0.2) is 41.3 Å². The van der Waals surface area contributed by atoms with Crippen LogP contribution in [0, 0.1) is 5.82 Å². The summed E-state index contributed by atoms with van der Waals surface area (Å²) in [4.78, 5) is 41.6. The minimum absolute atomic E-state index is 0.0478. The molecule has 32 heavy (non-hydrogen) atoms. The van der Waals surface area contributed by atoms with Gasteiger partial charge in [0.05, 0.1) is 30.4 Å². The molecule has 0 spiro atoms. The number of hydrogen-bond donors (Lipinski definition) is 4. The molecule has 0 aliphatic carbocycles. The fraction of sp³-hybridized carbons (Fsp3) is 0.286. The van der Waals surface area contributed by atoms with Gasteiger partial charge in [-0.05, 0) is 42.7 Å². The molecule has 0 aliphatic heterocycles. The van der Waals surface area contributed by atoms with E-state index >= 15 is 0 Å². The van der Waals surface area contributed by atoms with E-state index in [1.54, 1.807) is 31.3 Å². The molecule has 1 amide bonds. The van der Waals surface area contributed by atoms with Gasteiger partial charge in [-0.25, -0.2) is 4.39 Å². The molecule has 2 aromatic heterocycles. The Hall–Kier alpha value is -2.91. The van der Waals surface area contributed by atoms with Crippen molar-refractivity contribution in [3.05, 3.63) is 75.0 Å². The Bertz CT molecular complexity index is 1230. The second-order valence-electron chi connectivity index (χ2n) is 7.04. The van der Waals surface area contributed by atoms with Crippen molar-refractivity contribution >= 4 is 24.5 Å². The second-order valence-corrected chi connectivity index (χ2v) is 9.02. The number of halogens is 1. The molecule has 2 heterocycles. The van der Waals surface area contributed by atoms with Crippen LogP contribution in [0.4, 0.5) is 4.39 Å². The van der Waals surface area contributed by atoms with E-state index in [0.29, 0.717) is 11.9 Å². The maximum Gasteiger partial charge on any atom is 0.329 e. The highest BCUT2D eigenvalue weighted by molar-refractivity contribution is 7.52. The number of H-pyrrole nitrogens is 1. The Labute approximate surface area is 182 Å². The smallest absolute Gasteiger partial charge is 0.329 e. The summed E-state index contributed by atoms with van der Waals surface area (Å²) in [6, 6.07) is 7.67. The number of aromatic nitrogens is 2. The minimum Gasteiger partial charge on any atom is -0.392 e. The zero-order valence-electron chi connectivity index (χ0n) is 17.3. The quantitative estimate of drug-likeness (QED) is 0.356. The van der Waals surface area contributed by atoms with E-state index in [4.69, 9.17) is 4.52 Å². The summed E-state index contributed by atoms with van der Waals surface area (Å²) in [7, 11) is -3.83. The summed E-state index contributed by atoms with van der Waals surface area (Å²) in [5.74, 6) is -1.14. The van der Waals surface area contributed by atoms with Crippen molar-refractivity contribution < 1.29 is 28.3 Å². The van der Waals surface area contributed by atoms with Gasteiger partial charge < -0.3 is 24.8 Å². The first-order valence-corrected chi connectivity index (χ1v) is 11.6. The van der Waals surface area contributed by atoms with Gasteiger partial charge in [0.1, 0.15) is 11.4 Å². The maximum absolute atomic E-state index is 13.1. The molecule has 1 aromatic carbocycles. The van der Waals surface area contributed by atoms with Crippen molar-refractivity contribution in [2.75, 3.05) is 19.3 Å². The van der Waals surface area contributed by atoms with E-state index in [1.807, 2.05) is 0 Å². The Balaban J connectivity index is 1.85. The molecular weight excluding hydrogens is 440 g/mol. The number of aromatic amines is 1. The first kappa shape index (κ1) is 23.7. The number of aliphatic hydroxyl groups excluding tert-OH is 1. The van der Waals surface area contributed by atoms with Gasteiger partial charge >= 0.3 is 7.60 Å². The molecular formula is C21H23FN3O6P. The number of nitrogens with one attached hydrogen (secondary N) is 2. The fourth-order valence-electron chi connectivity index (χ4n) is 3.28. The summed E-state index contributed by atoms with van der Waals surface area (Å²) < 4.78 is 29.5. The van der Waals surface area contributed by atoms with Crippen LogP contribution in [0.2, 0.25) is 0 Å². The van der Waals surface area contributed by atoms with Gasteiger partial charge in [0.25, 0.3) is 11.5 Å². The SMILES string of the molecule is CCOP(=O)(O)CCNC(=O)c1c(CO)c2ncc(Cc3ccc(F)cc3)cc2[nH]c1=O. The maximum atomic E-state index is 13.1. The van der Waals surface area contributed by atoms with Crippen molar-refractivity contribution in [2.24, 2.45) is 0 Å². The predicted octanol–water partition coefficient (Wildman–Crippen LogP) is 2.10. The second kappa shape index (κ2) is 10.1. The third-order valence-electron chi connectivity index (χ3n) is 4.72. The Morgan fingerprint density at radius 2 is 2.00 bits per heavy atom. The lowest BCUT2D eigenvalue weighted by Crippen LogP contribution is -2.33. The van der Waals surface area contributed by atoms with E-state index in [-0.39, 0.29) is 41.8 Å². The summed E-state index contributed by atoms with van der Waals surface area (Å²) in [5, 5.41) is 12.2. The van der Waals surface area contributed by atoms with Gasteiger partial charge in [-0.2, -0.15) is 0 Å². The predicted molar refractivity (Wildman–Crippen MR) is 116 cm³/mol. The molecule has 11 heteroatoms. The number of fused-ring (bicyclic) bond motifs is 1. The van der Waals surface area contributed by atoms with Crippen molar-refractivity contribution in [1.82, 2.24) is 15.3 Å². The molecule has 0 aliphatic rings. The zero-order valence-corrected chi connectivity index (χ0v) is 18.2. The molecule has 3 rings (SSSR count). The average molecular weight is 463 g/mol. The largest absolute Gasteiger partial charge is 0.392 e. The summed E-state index contributed by atoms with van der Waals surface area (Å²) in [6.07, 6.45) is 1.68. The summed E-state index contributed by atoms with van der Waals surface area (Å²) in [6.45, 7) is 0.821. The molecule has 1 unspecified atom stereocenters. The van der Waals surface area contributed by atoms with Gasteiger partial charge in [-0.3, -0.25) is 19.1 Å². The molecule has 0 fully saturated rings. The molecule has 1 atom stereocenters. The van der Waals surface area contributed by atoms with E-state index in [0.717, 1.165) is 11.1 Å². The fourth-order valence-corrected chi connectivity index (χ4v) is 4.21. The third kappa shape index (κ3) is 5.66. The van der Waals surface area contributed by atoms with Crippen LogP contribution in [0.1, 0.15) is 34.0 Å². The highest BCUT2D eigenvalue weighted by Crippen LogP contribution is 2.40. The van der Waals surface area contributed by atoms with Gasteiger partial charge in [0, 0.05) is 18.3 Å². The number of rotatable bonds is 9. The van der Waals surface area contributed by atoms with Crippen molar-refractivity contribution in [1.29, 1.82) is 0 Å². The molecule has 0 bridgehead atoms. The highest BCUT2D eigenvalue weighted by Gasteiger charge is 2.22. The van der Waals surface area contributed by atoms with Crippen LogP contribution in [0.5, 0.6) is 0 Å². The van der Waals surface area contributed by atoms with Crippen LogP contribution in [-0.2, 0) is 22.1 Å². The Morgan fingerprint density at radius 3 is 2.66 bits per heavy atom. The lowest BCUT2D eigenvalue weighted by molar-refractivity contribution is 0.0951. The number of hydrogen-bond acceptors (Lipinski definition) is 6. The Kier molecular flexibility index (Phi) is 7.52. The number of nitrogens with zero attached hydrogens (tertiary/aromatic N) is 1. The van der Waals surface area contributed by atoms with E-state index in [9.17, 15) is 28.5 Å². The molecule has 0 saturated carbocycles. The highest BCUT2D eigenvalue weighted by atomic mass is 31.2. The zero-order chi connectivity index (χ0) is 23.3. The van der Waals surface area contributed by atoms with Gasteiger partial charge in [-0.1, -0.05) is 12.1 Å². The number of carbonyl (C=O) groups is 1. The van der Waals surface area contributed by atoms with Crippen molar-refractivity contribution in [2.45, 2.75) is 20.0 Å². The van der Waals surface area contributed by atoms with Crippen molar-refractivity contribution in [3.8, 4) is 0 Å². The topological polar surface area (TPSA) is 142 Å². The number of amides is 1. The van der Waals surface area contributed by atoms with E-state index in [1.165, 1.54) is 12.1 Å². The molecule has 4 N–H and O–H groups in total. The van der Waals surface area contributed by atoms with Crippen LogP contribution in [0.25, 0.3) is 11.0 Å². The number of aliphatic hydroxyl groups is 1. The number of benzene rings is 1. The molecule has 170 valence electrons. The first-order valence-electron chi connectivity index (χ1n) is 9.87. The lowest BCUT2D eigenvalue weighted by Gasteiger charge is -2.13. The lowest BCUT2D eigenvalue weighted by atomic mass is 10.0. The monoisotopic (exact) mass is 463 g/mol.